The number of anilines is 1. The number of fused-ring (bicyclic) bond motifs is 2. The summed E-state index contributed by atoms with van der Waals surface area (Å²) in [5.41, 5.74) is 0.568. The Kier molecular flexibility index (Phi) is 5.72. The average Bonchev–Trinajstić information content (AvgIpc) is 3.10. The van der Waals surface area contributed by atoms with E-state index in [9.17, 15) is 15.0 Å². The van der Waals surface area contributed by atoms with Crippen LogP contribution < -0.4 is 4.90 Å². The van der Waals surface area contributed by atoms with Gasteiger partial charge in [0, 0.05) is 27.6 Å². The minimum Gasteiger partial charge on any atom is -0.396 e. The molecule has 0 aromatic heterocycles. The van der Waals surface area contributed by atoms with Crippen LogP contribution in [0.15, 0.2) is 48.5 Å². The minimum absolute atomic E-state index is 0.0535. The Morgan fingerprint density at radius 3 is 2.60 bits per heavy atom. The number of carbonyl (C=O) groups is 1. The lowest BCUT2D eigenvalue weighted by Gasteiger charge is -2.34. The number of benzene rings is 2. The van der Waals surface area contributed by atoms with E-state index in [4.69, 9.17) is 4.74 Å². The predicted molar refractivity (Wildman–Crippen MR) is 124 cm³/mol. The number of rotatable bonds is 5. The van der Waals surface area contributed by atoms with Crippen LogP contribution in [-0.4, -0.2) is 34.4 Å². The van der Waals surface area contributed by atoms with Crippen LogP contribution in [0.25, 0.3) is 0 Å². The monoisotopic (exact) mass is 521 g/mol. The van der Waals surface area contributed by atoms with Crippen molar-refractivity contribution in [1.82, 2.24) is 0 Å². The maximum Gasteiger partial charge on any atom is 0.264 e. The highest BCUT2D eigenvalue weighted by Crippen LogP contribution is 2.57. The van der Waals surface area contributed by atoms with Crippen LogP contribution in [0.5, 0.6) is 0 Å². The van der Waals surface area contributed by atoms with E-state index < -0.39 is 17.3 Å². The Hall–Kier alpha value is -1.48. The van der Waals surface area contributed by atoms with Gasteiger partial charge in [-0.2, -0.15) is 0 Å². The lowest BCUT2D eigenvalue weighted by atomic mass is 9.71. The highest BCUT2D eigenvalue weighted by Gasteiger charge is 2.65. The molecule has 30 heavy (non-hydrogen) atoms. The van der Waals surface area contributed by atoms with Gasteiger partial charge in [0.2, 0.25) is 0 Å². The summed E-state index contributed by atoms with van der Waals surface area (Å²) in [4.78, 5) is 15.8. The molecule has 2 aliphatic heterocycles. The molecule has 2 N–H and O–H groups in total. The van der Waals surface area contributed by atoms with Gasteiger partial charge in [0.15, 0.2) is 5.60 Å². The first kappa shape index (κ1) is 21.7. The molecule has 5 nitrogen and oxygen atoms in total. The van der Waals surface area contributed by atoms with Gasteiger partial charge >= 0.3 is 0 Å². The number of aliphatic hydroxyl groups is 2. The lowest BCUT2D eigenvalue weighted by Crippen LogP contribution is -2.46. The first-order valence-corrected chi connectivity index (χ1v) is 11.4. The van der Waals surface area contributed by atoms with Gasteiger partial charge in [-0.15, -0.1) is 0 Å². The Morgan fingerprint density at radius 1 is 1.20 bits per heavy atom. The zero-order chi connectivity index (χ0) is 21.7. The molecule has 0 bridgehead atoms. The molecule has 1 spiro atoms. The highest BCUT2D eigenvalue weighted by molar-refractivity contribution is 14.1. The van der Waals surface area contributed by atoms with Crippen molar-refractivity contribution in [2.45, 2.75) is 51.0 Å². The summed E-state index contributed by atoms with van der Waals surface area (Å²) >= 11 is 2.28. The van der Waals surface area contributed by atoms with Gasteiger partial charge < -0.3 is 19.8 Å². The van der Waals surface area contributed by atoms with E-state index in [0.717, 1.165) is 20.4 Å². The number of para-hydroxylation sites is 1. The van der Waals surface area contributed by atoms with Gasteiger partial charge in [0.05, 0.1) is 23.9 Å². The molecule has 4 rings (SSSR count). The van der Waals surface area contributed by atoms with E-state index >= 15 is 0 Å². The third kappa shape index (κ3) is 3.38. The van der Waals surface area contributed by atoms with Crippen molar-refractivity contribution in [2.75, 3.05) is 11.5 Å². The van der Waals surface area contributed by atoms with Crippen molar-refractivity contribution in [3.8, 4) is 0 Å². The number of amides is 1. The van der Waals surface area contributed by atoms with Crippen LogP contribution in [0.1, 0.15) is 38.3 Å². The molecule has 1 fully saturated rings. The number of hydrogen-bond acceptors (Lipinski definition) is 4. The SMILES string of the molecule is C[C@H]1[C@H](C(C)(C)O)[C@@H](CCO)O[C@]12C(=O)N(Cc1cccc(I)c1)c1ccccc12. The van der Waals surface area contributed by atoms with E-state index in [1.165, 1.54) is 0 Å². The summed E-state index contributed by atoms with van der Waals surface area (Å²) in [6.07, 6.45) is -0.0211. The highest BCUT2D eigenvalue weighted by atomic mass is 127. The maximum absolute atomic E-state index is 14.0. The summed E-state index contributed by atoms with van der Waals surface area (Å²) < 4.78 is 7.64. The first-order valence-electron chi connectivity index (χ1n) is 10.4. The molecule has 1 amide bonds. The van der Waals surface area contributed by atoms with Crippen LogP contribution in [0.4, 0.5) is 5.69 Å². The molecule has 0 aliphatic carbocycles. The summed E-state index contributed by atoms with van der Waals surface area (Å²) in [5, 5.41) is 20.5. The smallest absolute Gasteiger partial charge is 0.264 e. The molecule has 0 unspecified atom stereocenters. The summed E-state index contributed by atoms with van der Waals surface area (Å²) in [6.45, 7) is 5.92. The third-order valence-electron chi connectivity index (χ3n) is 6.53. The number of ether oxygens (including phenoxy) is 1. The van der Waals surface area contributed by atoms with Crippen molar-refractivity contribution in [3.63, 3.8) is 0 Å². The quantitative estimate of drug-likeness (QED) is 0.587. The third-order valence-corrected chi connectivity index (χ3v) is 7.21. The fourth-order valence-electron chi connectivity index (χ4n) is 5.40. The van der Waals surface area contributed by atoms with Crippen LogP contribution in [0.2, 0.25) is 0 Å². The van der Waals surface area contributed by atoms with E-state index in [1.54, 1.807) is 18.7 Å². The van der Waals surface area contributed by atoms with E-state index in [0.29, 0.717) is 13.0 Å². The fourth-order valence-corrected chi connectivity index (χ4v) is 6.01. The Balaban J connectivity index is 1.80. The second-order valence-corrected chi connectivity index (χ2v) is 10.2. The summed E-state index contributed by atoms with van der Waals surface area (Å²) in [5.74, 6) is -0.618. The average molecular weight is 521 g/mol. The molecule has 1 saturated heterocycles. The van der Waals surface area contributed by atoms with Crippen molar-refractivity contribution in [2.24, 2.45) is 11.8 Å². The molecular weight excluding hydrogens is 493 g/mol. The molecule has 2 aromatic rings. The largest absolute Gasteiger partial charge is 0.396 e. The zero-order valence-electron chi connectivity index (χ0n) is 17.5. The molecule has 2 heterocycles. The second kappa shape index (κ2) is 7.89. The molecular formula is C24H28INO4. The van der Waals surface area contributed by atoms with Crippen LogP contribution in [-0.2, 0) is 21.7 Å². The molecule has 2 aliphatic rings. The van der Waals surface area contributed by atoms with Gasteiger partial charge in [0.1, 0.15) is 0 Å². The summed E-state index contributed by atoms with van der Waals surface area (Å²) in [6, 6.07) is 15.9. The Bertz CT molecular complexity index is 956. The van der Waals surface area contributed by atoms with Gasteiger partial charge in [-0.25, -0.2) is 0 Å². The minimum atomic E-state index is -1.15. The molecule has 2 aromatic carbocycles. The maximum atomic E-state index is 14.0. The van der Waals surface area contributed by atoms with Gasteiger partial charge in [-0.05, 0) is 66.6 Å². The normalized spacial score (nSPS) is 28.4. The van der Waals surface area contributed by atoms with Crippen LogP contribution in [0, 0.1) is 15.4 Å². The number of nitrogens with zero attached hydrogens (tertiary/aromatic N) is 1. The Morgan fingerprint density at radius 2 is 1.93 bits per heavy atom. The van der Waals surface area contributed by atoms with Gasteiger partial charge in [-0.3, -0.25) is 4.79 Å². The molecule has 6 heteroatoms. The van der Waals surface area contributed by atoms with E-state index in [-0.39, 0.29) is 24.3 Å². The lowest BCUT2D eigenvalue weighted by molar-refractivity contribution is -0.146. The topological polar surface area (TPSA) is 70.0 Å². The first-order chi connectivity index (χ1) is 14.2. The molecule has 0 saturated carbocycles. The molecule has 0 radical (unpaired) electrons. The standard InChI is InChI=1S/C24H28INO4/c1-15-21(23(2,3)29)20(11-12-27)30-24(15)18-9-4-5-10-19(18)26(22(24)28)14-16-7-6-8-17(25)13-16/h4-10,13,15,20-21,27,29H,11-12,14H2,1-3H3/t15-,20+,21-,24+/m0/s1. The molecule has 4 atom stereocenters. The number of carbonyl (C=O) groups excluding carboxylic acids is 1. The Labute approximate surface area is 191 Å². The number of halogens is 1. The zero-order valence-corrected chi connectivity index (χ0v) is 19.7. The predicted octanol–water partition coefficient (Wildman–Crippen LogP) is 3.84. The van der Waals surface area contributed by atoms with Gasteiger partial charge in [0.25, 0.3) is 5.91 Å². The van der Waals surface area contributed by atoms with Crippen LogP contribution in [0.3, 0.4) is 0 Å². The van der Waals surface area contributed by atoms with Crippen molar-refractivity contribution < 1.29 is 19.7 Å². The van der Waals surface area contributed by atoms with E-state index in [2.05, 4.69) is 28.7 Å². The second-order valence-electron chi connectivity index (χ2n) is 8.91. The van der Waals surface area contributed by atoms with Crippen molar-refractivity contribution >= 4 is 34.2 Å². The van der Waals surface area contributed by atoms with E-state index in [1.807, 2.05) is 49.4 Å². The van der Waals surface area contributed by atoms with Crippen molar-refractivity contribution in [3.05, 3.63) is 63.2 Å². The number of hydrogen-bond donors (Lipinski definition) is 2. The summed E-state index contributed by atoms with van der Waals surface area (Å²) in [7, 11) is 0. The number of aliphatic hydroxyl groups excluding tert-OH is 1. The van der Waals surface area contributed by atoms with Gasteiger partial charge in [-0.1, -0.05) is 37.3 Å². The fraction of sp³-hybridized carbons (Fsp3) is 0.458. The van der Waals surface area contributed by atoms with Crippen LogP contribution >= 0.6 is 22.6 Å². The van der Waals surface area contributed by atoms with Crippen molar-refractivity contribution in [1.29, 1.82) is 0 Å². The molecule has 160 valence electrons.